The molecule has 1 atom stereocenters. The predicted molar refractivity (Wildman–Crippen MR) is 92.7 cm³/mol. The van der Waals surface area contributed by atoms with E-state index in [9.17, 15) is 10.1 Å². The molecule has 1 amide bonds. The van der Waals surface area contributed by atoms with Gasteiger partial charge >= 0.3 is 0 Å². The highest BCUT2D eigenvalue weighted by molar-refractivity contribution is 9.11. The van der Waals surface area contributed by atoms with E-state index in [4.69, 9.17) is 0 Å². The zero-order valence-electron chi connectivity index (χ0n) is 11.2. The number of aliphatic imine (C=N–C) groups is 1. The standard InChI is InChI=1S/C16H9Br2N3O/c17-11-7-5-10(6-8-11)14-16(18,9-19)15(22)21-13-4-2-1-3-12(13)20-14/h1-8H,(H,21,22). The van der Waals surface area contributed by atoms with Crippen LogP contribution >= 0.6 is 31.9 Å². The molecule has 0 aromatic heterocycles. The van der Waals surface area contributed by atoms with Crippen LogP contribution in [0.3, 0.4) is 0 Å². The van der Waals surface area contributed by atoms with Crippen molar-refractivity contribution < 1.29 is 4.79 Å². The second kappa shape index (κ2) is 5.67. The molecule has 1 N–H and O–H groups in total. The summed E-state index contributed by atoms with van der Waals surface area (Å²) in [5.41, 5.74) is 2.27. The minimum atomic E-state index is -1.54. The first-order valence-electron chi connectivity index (χ1n) is 6.40. The number of nitriles is 1. The minimum absolute atomic E-state index is 0.366. The number of hydrogen-bond acceptors (Lipinski definition) is 3. The van der Waals surface area contributed by atoms with Crippen molar-refractivity contribution in [3.05, 3.63) is 58.6 Å². The number of alkyl halides is 1. The Hall–Kier alpha value is -1.97. The number of amides is 1. The Morgan fingerprint density at radius 3 is 2.50 bits per heavy atom. The summed E-state index contributed by atoms with van der Waals surface area (Å²) in [4.78, 5) is 17.1. The van der Waals surface area contributed by atoms with E-state index in [-0.39, 0.29) is 0 Å². The number of benzene rings is 2. The van der Waals surface area contributed by atoms with E-state index < -0.39 is 10.2 Å². The van der Waals surface area contributed by atoms with Gasteiger partial charge in [0, 0.05) is 4.47 Å². The van der Waals surface area contributed by atoms with Gasteiger partial charge in [-0.3, -0.25) is 4.79 Å². The first kappa shape index (κ1) is 14.9. The Labute approximate surface area is 144 Å². The third-order valence-electron chi connectivity index (χ3n) is 3.30. The van der Waals surface area contributed by atoms with E-state index >= 15 is 0 Å². The molecular weight excluding hydrogens is 410 g/mol. The largest absolute Gasteiger partial charge is 0.322 e. The molecule has 2 aromatic carbocycles. The second-order valence-electron chi connectivity index (χ2n) is 4.71. The summed E-state index contributed by atoms with van der Waals surface area (Å²) in [7, 11) is 0. The lowest BCUT2D eigenvalue weighted by Crippen LogP contribution is -2.42. The van der Waals surface area contributed by atoms with Crippen LogP contribution in [-0.2, 0) is 4.79 Å². The van der Waals surface area contributed by atoms with Crippen molar-refractivity contribution in [1.82, 2.24) is 0 Å². The van der Waals surface area contributed by atoms with E-state index in [2.05, 4.69) is 42.2 Å². The van der Waals surface area contributed by atoms with Crippen LogP contribution in [0.5, 0.6) is 0 Å². The average Bonchev–Trinajstić information content (AvgIpc) is 2.64. The van der Waals surface area contributed by atoms with Crippen molar-refractivity contribution in [2.24, 2.45) is 4.99 Å². The molecular formula is C16H9Br2N3O. The number of carbonyl (C=O) groups is 1. The Bertz CT molecular complexity index is 824. The van der Waals surface area contributed by atoms with E-state index in [1.165, 1.54) is 0 Å². The molecule has 1 unspecified atom stereocenters. The summed E-state index contributed by atoms with van der Waals surface area (Å²) in [6.45, 7) is 0. The number of para-hydroxylation sites is 2. The third kappa shape index (κ3) is 2.47. The summed E-state index contributed by atoms with van der Waals surface area (Å²) in [6.07, 6.45) is 0. The maximum absolute atomic E-state index is 12.5. The molecule has 0 saturated heterocycles. The predicted octanol–water partition coefficient (Wildman–Crippen LogP) is 4.18. The number of halogens is 2. The normalized spacial score (nSPS) is 20.2. The van der Waals surface area contributed by atoms with Gasteiger partial charge in [-0.1, -0.05) is 56.1 Å². The molecule has 0 spiro atoms. The van der Waals surface area contributed by atoms with Crippen molar-refractivity contribution in [1.29, 1.82) is 5.26 Å². The van der Waals surface area contributed by atoms with Gasteiger partial charge in [0.05, 0.1) is 23.2 Å². The molecule has 1 aliphatic heterocycles. The van der Waals surface area contributed by atoms with E-state index in [1.54, 1.807) is 12.1 Å². The molecule has 4 nitrogen and oxygen atoms in total. The smallest absolute Gasteiger partial charge is 0.262 e. The highest BCUT2D eigenvalue weighted by atomic mass is 79.9. The zero-order chi connectivity index (χ0) is 15.7. The maximum Gasteiger partial charge on any atom is 0.262 e. The highest BCUT2D eigenvalue weighted by Crippen LogP contribution is 2.35. The molecule has 108 valence electrons. The van der Waals surface area contributed by atoms with Crippen LogP contribution in [0.2, 0.25) is 0 Å². The van der Waals surface area contributed by atoms with Gasteiger partial charge in [0.15, 0.2) is 0 Å². The zero-order valence-corrected chi connectivity index (χ0v) is 14.3. The highest BCUT2D eigenvalue weighted by Gasteiger charge is 2.44. The van der Waals surface area contributed by atoms with Gasteiger partial charge in [0.1, 0.15) is 0 Å². The molecule has 0 saturated carbocycles. The molecule has 6 heteroatoms. The van der Waals surface area contributed by atoms with Crippen molar-refractivity contribution >= 4 is 54.9 Å². The van der Waals surface area contributed by atoms with Gasteiger partial charge in [-0.2, -0.15) is 5.26 Å². The Morgan fingerprint density at radius 1 is 1.14 bits per heavy atom. The molecule has 0 bridgehead atoms. The summed E-state index contributed by atoms with van der Waals surface area (Å²) >= 11 is 6.65. The lowest BCUT2D eigenvalue weighted by molar-refractivity contribution is -0.115. The number of nitrogens with one attached hydrogen (secondary N) is 1. The van der Waals surface area contributed by atoms with Crippen LogP contribution in [0.15, 0.2) is 58.0 Å². The van der Waals surface area contributed by atoms with Crippen LogP contribution in [-0.4, -0.2) is 15.9 Å². The summed E-state index contributed by atoms with van der Waals surface area (Å²) in [5.74, 6) is -0.457. The summed E-state index contributed by atoms with van der Waals surface area (Å²) < 4.78 is -0.632. The van der Waals surface area contributed by atoms with Crippen LogP contribution < -0.4 is 5.32 Å². The minimum Gasteiger partial charge on any atom is -0.322 e. The van der Waals surface area contributed by atoms with Gasteiger partial charge in [-0.05, 0) is 29.8 Å². The van der Waals surface area contributed by atoms with Crippen molar-refractivity contribution in [2.75, 3.05) is 5.32 Å². The number of carbonyl (C=O) groups excluding carboxylic acids is 1. The SMILES string of the molecule is N#CC1(Br)C(=O)Nc2ccccc2N=C1c1ccc(Br)cc1. The van der Waals surface area contributed by atoms with E-state index in [1.807, 2.05) is 42.5 Å². The van der Waals surface area contributed by atoms with E-state index in [0.29, 0.717) is 22.6 Å². The topological polar surface area (TPSA) is 65.2 Å². The lowest BCUT2D eigenvalue weighted by Gasteiger charge is -2.18. The Kier molecular flexibility index (Phi) is 3.85. The molecule has 2 aromatic rings. The fraction of sp³-hybridized carbons (Fsp3) is 0.0625. The van der Waals surface area contributed by atoms with Crippen molar-refractivity contribution in [2.45, 2.75) is 4.32 Å². The van der Waals surface area contributed by atoms with Crippen molar-refractivity contribution in [3.8, 4) is 6.07 Å². The number of hydrogen-bond donors (Lipinski definition) is 1. The maximum atomic E-state index is 12.5. The van der Waals surface area contributed by atoms with E-state index in [0.717, 1.165) is 4.47 Å². The van der Waals surface area contributed by atoms with Gasteiger partial charge in [0.25, 0.3) is 5.91 Å². The fourth-order valence-electron chi connectivity index (χ4n) is 2.17. The van der Waals surface area contributed by atoms with Crippen LogP contribution in [0.25, 0.3) is 0 Å². The molecule has 0 aliphatic carbocycles. The third-order valence-corrected chi connectivity index (χ3v) is 4.74. The average molecular weight is 419 g/mol. The number of anilines is 1. The number of rotatable bonds is 1. The number of fused-ring (bicyclic) bond motifs is 1. The van der Waals surface area contributed by atoms with Gasteiger partial charge < -0.3 is 5.32 Å². The molecule has 1 aliphatic rings. The second-order valence-corrected chi connectivity index (χ2v) is 6.81. The number of nitrogens with zero attached hydrogens (tertiary/aromatic N) is 2. The summed E-state index contributed by atoms with van der Waals surface area (Å²) in [5, 5.41) is 12.3. The Balaban J connectivity index is 2.26. The summed E-state index contributed by atoms with van der Waals surface area (Å²) in [6, 6.07) is 16.5. The first-order valence-corrected chi connectivity index (χ1v) is 7.99. The van der Waals surface area contributed by atoms with Crippen LogP contribution in [0.4, 0.5) is 11.4 Å². The molecule has 0 fully saturated rings. The van der Waals surface area contributed by atoms with Gasteiger partial charge in [-0.15, -0.1) is 0 Å². The molecule has 0 radical (unpaired) electrons. The molecule has 1 heterocycles. The quantitative estimate of drug-likeness (QED) is 0.706. The van der Waals surface area contributed by atoms with Crippen LogP contribution in [0.1, 0.15) is 5.56 Å². The van der Waals surface area contributed by atoms with Crippen LogP contribution in [0, 0.1) is 11.3 Å². The molecule has 22 heavy (non-hydrogen) atoms. The molecule has 3 rings (SSSR count). The fourth-order valence-corrected chi connectivity index (χ4v) is 2.85. The van der Waals surface area contributed by atoms with Gasteiger partial charge in [-0.25, -0.2) is 4.99 Å². The monoisotopic (exact) mass is 417 g/mol. The van der Waals surface area contributed by atoms with Crippen molar-refractivity contribution in [3.63, 3.8) is 0 Å². The lowest BCUT2D eigenvalue weighted by atomic mass is 9.97. The first-order chi connectivity index (χ1) is 10.5. The Morgan fingerprint density at radius 2 is 1.82 bits per heavy atom. The van der Waals surface area contributed by atoms with Gasteiger partial charge in [0.2, 0.25) is 4.32 Å².